The summed E-state index contributed by atoms with van der Waals surface area (Å²) in [6.45, 7) is 6.80. The van der Waals surface area contributed by atoms with Gasteiger partial charge in [-0.05, 0) is 19.3 Å². The second-order valence-electron chi connectivity index (χ2n) is 3.40. The standard InChI is InChI=1S/C10H21Br/c1-4-7-10(11,8-5-2)9-6-3/h4-9H2,1-3H3. The van der Waals surface area contributed by atoms with Crippen molar-refractivity contribution < 1.29 is 0 Å². The summed E-state index contributed by atoms with van der Waals surface area (Å²) in [5.74, 6) is 0. The molecule has 0 saturated heterocycles. The van der Waals surface area contributed by atoms with E-state index in [1.165, 1.54) is 38.5 Å². The average molecular weight is 221 g/mol. The van der Waals surface area contributed by atoms with Crippen molar-refractivity contribution in [1.29, 1.82) is 0 Å². The minimum absolute atomic E-state index is 0.464. The first-order valence-electron chi connectivity index (χ1n) is 4.87. The van der Waals surface area contributed by atoms with Crippen LogP contribution in [0, 0.1) is 0 Å². The molecule has 68 valence electrons. The third-order valence-corrected chi connectivity index (χ3v) is 3.28. The highest BCUT2D eigenvalue weighted by Gasteiger charge is 2.22. The second-order valence-corrected chi connectivity index (χ2v) is 5.08. The van der Waals surface area contributed by atoms with Gasteiger partial charge in [0, 0.05) is 4.32 Å². The van der Waals surface area contributed by atoms with Crippen LogP contribution in [0.1, 0.15) is 59.3 Å². The van der Waals surface area contributed by atoms with Crippen LogP contribution < -0.4 is 0 Å². The van der Waals surface area contributed by atoms with Crippen LogP contribution in [0.15, 0.2) is 0 Å². The SMILES string of the molecule is CCCC(Br)(CCC)CCC. The van der Waals surface area contributed by atoms with E-state index in [4.69, 9.17) is 0 Å². The summed E-state index contributed by atoms with van der Waals surface area (Å²) in [7, 11) is 0. The molecule has 0 bridgehead atoms. The summed E-state index contributed by atoms with van der Waals surface area (Å²) in [5, 5.41) is 0. The fourth-order valence-corrected chi connectivity index (χ4v) is 2.91. The monoisotopic (exact) mass is 220 g/mol. The smallest absolute Gasteiger partial charge is 0.0257 e. The van der Waals surface area contributed by atoms with E-state index >= 15 is 0 Å². The van der Waals surface area contributed by atoms with Gasteiger partial charge in [0.15, 0.2) is 0 Å². The highest BCUT2D eigenvalue weighted by atomic mass is 79.9. The molecule has 11 heavy (non-hydrogen) atoms. The van der Waals surface area contributed by atoms with Gasteiger partial charge in [-0.2, -0.15) is 0 Å². The first-order valence-corrected chi connectivity index (χ1v) is 5.66. The fraction of sp³-hybridized carbons (Fsp3) is 1.00. The quantitative estimate of drug-likeness (QED) is 0.578. The Morgan fingerprint density at radius 1 is 0.818 bits per heavy atom. The molecule has 0 aromatic heterocycles. The van der Waals surface area contributed by atoms with Crippen molar-refractivity contribution in [2.24, 2.45) is 0 Å². The number of hydrogen-bond acceptors (Lipinski definition) is 0. The van der Waals surface area contributed by atoms with Gasteiger partial charge in [0.1, 0.15) is 0 Å². The van der Waals surface area contributed by atoms with Crippen molar-refractivity contribution in [3.05, 3.63) is 0 Å². The molecule has 0 amide bonds. The molecule has 0 rings (SSSR count). The van der Waals surface area contributed by atoms with Crippen LogP contribution in [-0.2, 0) is 0 Å². The predicted octanol–water partition coefficient (Wildman–Crippen LogP) is 4.52. The topological polar surface area (TPSA) is 0 Å². The highest BCUT2D eigenvalue weighted by Crippen LogP contribution is 2.34. The van der Waals surface area contributed by atoms with Crippen LogP contribution in [-0.4, -0.2) is 4.32 Å². The van der Waals surface area contributed by atoms with E-state index in [1.54, 1.807) is 0 Å². The Bertz CT molecular complexity index is 71.9. The van der Waals surface area contributed by atoms with Gasteiger partial charge in [-0.1, -0.05) is 56.0 Å². The molecule has 0 heterocycles. The van der Waals surface area contributed by atoms with Gasteiger partial charge in [0.25, 0.3) is 0 Å². The number of halogens is 1. The Hall–Kier alpha value is 0.480. The Balaban J connectivity index is 3.79. The summed E-state index contributed by atoms with van der Waals surface area (Å²) in [4.78, 5) is 0. The van der Waals surface area contributed by atoms with Crippen molar-refractivity contribution in [1.82, 2.24) is 0 Å². The molecule has 0 aromatic carbocycles. The summed E-state index contributed by atoms with van der Waals surface area (Å²) in [6.07, 6.45) is 7.87. The van der Waals surface area contributed by atoms with E-state index < -0.39 is 0 Å². The first-order chi connectivity index (χ1) is 5.18. The number of rotatable bonds is 6. The lowest BCUT2D eigenvalue weighted by molar-refractivity contribution is 0.464. The zero-order chi connectivity index (χ0) is 8.74. The summed E-state index contributed by atoms with van der Waals surface area (Å²) in [5.41, 5.74) is 0. The van der Waals surface area contributed by atoms with Gasteiger partial charge in [0.05, 0.1) is 0 Å². The molecule has 0 unspecified atom stereocenters. The van der Waals surface area contributed by atoms with Gasteiger partial charge < -0.3 is 0 Å². The van der Waals surface area contributed by atoms with Crippen molar-refractivity contribution in [3.63, 3.8) is 0 Å². The summed E-state index contributed by atoms with van der Waals surface area (Å²) < 4.78 is 0.464. The van der Waals surface area contributed by atoms with Gasteiger partial charge >= 0.3 is 0 Å². The van der Waals surface area contributed by atoms with Crippen LogP contribution >= 0.6 is 15.9 Å². The Morgan fingerprint density at radius 3 is 1.27 bits per heavy atom. The molecule has 0 saturated carbocycles. The van der Waals surface area contributed by atoms with Crippen molar-refractivity contribution in [3.8, 4) is 0 Å². The average Bonchev–Trinajstić information content (AvgIpc) is 1.88. The zero-order valence-corrected chi connectivity index (χ0v) is 9.71. The van der Waals surface area contributed by atoms with E-state index in [0.717, 1.165) is 0 Å². The molecule has 0 spiro atoms. The summed E-state index contributed by atoms with van der Waals surface area (Å²) >= 11 is 3.87. The molecule has 0 fully saturated rings. The van der Waals surface area contributed by atoms with Crippen molar-refractivity contribution >= 4 is 15.9 Å². The Kier molecular flexibility index (Phi) is 6.31. The molecule has 0 aliphatic heterocycles. The zero-order valence-electron chi connectivity index (χ0n) is 8.12. The third-order valence-electron chi connectivity index (χ3n) is 2.09. The van der Waals surface area contributed by atoms with E-state index in [2.05, 4.69) is 36.7 Å². The van der Waals surface area contributed by atoms with Crippen LogP contribution in [0.4, 0.5) is 0 Å². The molecule has 0 N–H and O–H groups in total. The van der Waals surface area contributed by atoms with Crippen LogP contribution in [0.25, 0.3) is 0 Å². The lowest BCUT2D eigenvalue weighted by Crippen LogP contribution is -2.19. The molecular formula is C10H21Br. The molecule has 0 aliphatic rings. The lowest BCUT2D eigenvalue weighted by atomic mass is 9.93. The summed E-state index contributed by atoms with van der Waals surface area (Å²) in [6, 6.07) is 0. The van der Waals surface area contributed by atoms with Gasteiger partial charge in [0.2, 0.25) is 0 Å². The Morgan fingerprint density at radius 2 is 1.09 bits per heavy atom. The van der Waals surface area contributed by atoms with Crippen LogP contribution in [0.5, 0.6) is 0 Å². The number of hydrogen-bond donors (Lipinski definition) is 0. The van der Waals surface area contributed by atoms with E-state index in [9.17, 15) is 0 Å². The normalized spacial score (nSPS) is 12.0. The molecular weight excluding hydrogens is 200 g/mol. The first kappa shape index (κ1) is 11.5. The van der Waals surface area contributed by atoms with Gasteiger partial charge in [-0.15, -0.1) is 0 Å². The maximum atomic E-state index is 3.87. The van der Waals surface area contributed by atoms with Crippen molar-refractivity contribution in [2.75, 3.05) is 0 Å². The molecule has 0 radical (unpaired) electrons. The second kappa shape index (κ2) is 6.05. The van der Waals surface area contributed by atoms with Gasteiger partial charge in [-0.25, -0.2) is 0 Å². The van der Waals surface area contributed by atoms with E-state index in [0.29, 0.717) is 4.32 Å². The lowest BCUT2D eigenvalue weighted by Gasteiger charge is -2.26. The Labute approximate surface area is 79.9 Å². The van der Waals surface area contributed by atoms with E-state index in [1.807, 2.05) is 0 Å². The largest absolute Gasteiger partial charge is 0.0853 e. The fourth-order valence-electron chi connectivity index (χ4n) is 1.72. The van der Waals surface area contributed by atoms with Crippen LogP contribution in [0.2, 0.25) is 0 Å². The molecule has 0 nitrogen and oxygen atoms in total. The predicted molar refractivity (Wildman–Crippen MR) is 56.4 cm³/mol. The van der Waals surface area contributed by atoms with Crippen molar-refractivity contribution in [2.45, 2.75) is 63.6 Å². The minimum Gasteiger partial charge on any atom is -0.0853 e. The van der Waals surface area contributed by atoms with Gasteiger partial charge in [-0.3, -0.25) is 0 Å². The third kappa shape index (κ3) is 4.84. The maximum Gasteiger partial charge on any atom is 0.0257 e. The highest BCUT2D eigenvalue weighted by molar-refractivity contribution is 9.10. The minimum atomic E-state index is 0.464. The van der Waals surface area contributed by atoms with Crippen LogP contribution in [0.3, 0.4) is 0 Å². The molecule has 0 aliphatic carbocycles. The number of alkyl halides is 1. The molecule has 0 atom stereocenters. The molecule has 0 aromatic rings. The molecule has 1 heteroatoms. The van der Waals surface area contributed by atoms with E-state index in [-0.39, 0.29) is 0 Å². The maximum absolute atomic E-state index is 3.87.